The Bertz CT molecular complexity index is 723. The molecule has 1 unspecified atom stereocenters. The van der Waals surface area contributed by atoms with Gasteiger partial charge in [-0.05, 0) is 54.7 Å². The lowest BCUT2D eigenvalue weighted by Gasteiger charge is -2.11. The lowest BCUT2D eigenvalue weighted by Crippen LogP contribution is -2.22. The Balaban J connectivity index is 1.82. The molecule has 2 rings (SSSR count). The van der Waals surface area contributed by atoms with Crippen molar-refractivity contribution < 1.29 is 23.0 Å². The number of ether oxygens (including phenoxy) is 3. The van der Waals surface area contributed by atoms with Gasteiger partial charge in [0.1, 0.15) is 12.4 Å². The minimum atomic E-state index is -2.25. The van der Waals surface area contributed by atoms with Gasteiger partial charge in [0.25, 0.3) is 0 Å². The summed E-state index contributed by atoms with van der Waals surface area (Å²) in [4.78, 5) is 0. The average molecular weight is 378 g/mol. The van der Waals surface area contributed by atoms with Crippen LogP contribution in [0.15, 0.2) is 42.5 Å². The third kappa shape index (κ3) is 6.67. The monoisotopic (exact) mass is 378 g/mol. The Labute approximate surface area is 156 Å². The molecule has 0 amide bonds. The van der Waals surface area contributed by atoms with E-state index in [0.717, 1.165) is 36.5 Å². The fourth-order valence-corrected chi connectivity index (χ4v) is 2.87. The second kappa shape index (κ2) is 10.8. The van der Waals surface area contributed by atoms with Crippen LogP contribution < -0.4 is 18.9 Å². The van der Waals surface area contributed by atoms with Crippen LogP contribution >= 0.6 is 0 Å². The van der Waals surface area contributed by atoms with Crippen molar-refractivity contribution in [2.75, 3.05) is 27.4 Å². The first-order valence-corrected chi connectivity index (χ1v) is 9.45. The van der Waals surface area contributed by atoms with Gasteiger partial charge in [-0.1, -0.05) is 18.2 Å². The minimum absolute atomic E-state index is 0.250. The molecule has 142 valence electrons. The van der Waals surface area contributed by atoms with E-state index in [-0.39, 0.29) is 6.54 Å². The molecule has 2 aromatic carbocycles. The largest absolute Gasteiger partial charge is 0.760 e. The highest BCUT2D eigenvalue weighted by atomic mass is 32.2. The van der Waals surface area contributed by atoms with E-state index >= 15 is 0 Å². The fourth-order valence-electron chi connectivity index (χ4n) is 2.62. The van der Waals surface area contributed by atoms with Crippen LogP contribution in [0, 0.1) is 0 Å². The highest BCUT2D eigenvalue weighted by molar-refractivity contribution is 7.77. The molecule has 26 heavy (non-hydrogen) atoms. The molecule has 0 aliphatic carbocycles. The topological polar surface area (TPSA) is 79.9 Å². The van der Waals surface area contributed by atoms with Gasteiger partial charge in [-0.15, -0.1) is 0 Å². The summed E-state index contributed by atoms with van der Waals surface area (Å²) in [7, 11) is 3.26. The zero-order chi connectivity index (χ0) is 18.8. The first-order valence-electron chi connectivity index (χ1n) is 8.38. The maximum Gasteiger partial charge on any atom is 0.160 e. The molecule has 0 aliphatic heterocycles. The first kappa shape index (κ1) is 20.2. The summed E-state index contributed by atoms with van der Waals surface area (Å²) in [5.41, 5.74) is 2.38. The van der Waals surface area contributed by atoms with E-state index in [0.29, 0.717) is 6.61 Å². The molecule has 6 nitrogen and oxygen atoms in total. The average Bonchev–Trinajstić information content (AvgIpc) is 2.65. The smallest absolute Gasteiger partial charge is 0.160 e. The summed E-state index contributed by atoms with van der Waals surface area (Å²) in [5, 5.41) is 0. The predicted octanol–water partition coefficient (Wildman–Crippen LogP) is 2.64. The van der Waals surface area contributed by atoms with Crippen LogP contribution in [-0.4, -0.2) is 36.1 Å². The van der Waals surface area contributed by atoms with Gasteiger partial charge >= 0.3 is 0 Å². The van der Waals surface area contributed by atoms with E-state index in [1.54, 1.807) is 14.2 Å². The maximum absolute atomic E-state index is 10.4. The van der Waals surface area contributed by atoms with E-state index < -0.39 is 11.3 Å². The zero-order valence-corrected chi connectivity index (χ0v) is 15.8. The summed E-state index contributed by atoms with van der Waals surface area (Å²) in [6.45, 7) is 0.544. The van der Waals surface area contributed by atoms with E-state index in [9.17, 15) is 8.76 Å². The second-order valence-electron chi connectivity index (χ2n) is 5.67. The molecule has 7 heteroatoms. The van der Waals surface area contributed by atoms with Crippen molar-refractivity contribution in [3.8, 4) is 17.2 Å². The molecule has 0 fully saturated rings. The Kier molecular flexibility index (Phi) is 8.40. The maximum atomic E-state index is 10.4. The number of nitrogens with one attached hydrogen (secondary N) is 1. The molecule has 0 bridgehead atoms. The van der Waals surface area contributed by atoms with Gasteiger partial charge in [-0.2, -0.15) is 0 Å². The molecule has 0 aromatic heterocycles. The Hall–Kier alpha value is -2.09. The summed E-state index contributed by atoms with van der Waals surface area (Å²) in [5.74, 6) is 2.22. The highest BCUT2D eigenvalue weighted by Crippen LogP contribution is 2.28. The molecule has 1 atom stereocenters. The Morgan fingerprint density at radius 1 is 1.00 bits per heavy atom. The molecule has 0 spiro atoms. The molecule has 2 aromatic rings. The van der Waals surface area contributed by atoms with E-state index in [1.807, 2.05) is 36.4 Å². The minimum Gasteiger partial charge on any atom is -0.760 e. The molecule has 0 heterocycles. The van der Waals surface area contributed by atoms with E-state index in [1.165, 1.54) is 11.1 Å². The number of hydrogen-bond donors (Lipinski definition) is 1. The number of benzene rings is 2. The quantitative estimate of drug-likeness (QED) is 0.480. The van der Waals surface area contributed by atoms with Gasteiger partial charge in [0.2, 0.25) is 0 Å². The van der Waals surface area contributed by atoms with Gasteiger partial charge in [0.15, 0.2) is 11.5 Å². The van der Waals surface area contributed by atoms with Crippen LogP contribution in [0.2, 0.25) is 0 Å². The lowest BCUT2D eigenvalue weighted by atomic mass is 10.0. The standard InChI is InChI=1S/C19H25NO5S/c1-23-18-10-9-16(14-19(18)24-2)6-3-5-15-7-4-8-17(13-15)25-12-11-20-26(21)22/h4,7-10,13-14,20H,3,5-6,11-12H2,1-2H3,(H,21,22)/p-1. The lowest BCUT2D eigenvalue weighted by molar-refractivity contribution is 0.321. The molecular weight excluding hydrogens is 354 g/mol. The second-order valence-corrected chi connectivity index (χ2v) is 6.43. The molecule has 0 saturated carbocycles. The van der Waals surface area contributed by atoms with Crippen molar-refractivity contribution in [3.63, 3.8) is 0 Å². The normalized spacial score (nSPS) is 11.8. The summed E-state index contributed by atoms with van der Waals surface area (Å²) in [6.07, 6.45) is 2.86. The van der Waals surface area contributed by atoms with Gasteiger partial charge in [-0.25, -0.2) is 4.72 Å². The van der Waals surface area contributed by atoms with Crippen LogP contribution in [0.5, 0.6) is 17.2 Å². The highest BCUT2D eigenvalue weighted by Gasteiger charge is 2.05. The number of rotatable bonds is 11. The Morgan fingerprint density at radius 2 is 1.73 bits per heavy atom. The van der Waals surface area contributed by atoms with Crippen molar-refractivity contribution in [3.05, 3.63) is 53.6 Å². The van der Waals surface area contributed by atoms with Crippen LogP contribution in [0.3, 0.4) is 0 Å². The van der Waals surface area contributed by atoms with Gasteiger partial charge < -0.3 is 18.8 Å². The molecule has 0 saturated heterocycles. The third-order valence-electron chi connectivity index (χ3n) is 3.87. The van der Waals surface area contributed by atoms with E-state index in [4.69, 9.17) is 14.2 Å². The van der Waals surface area contributed by atoms with Gasteiger partial charge in [0.05, 0.1) is 14.2 Å². The zero-order valence-electron chi connectivity index (χ0n) is 15.0. The van der Waals surface area contributed by atoms with E-state index in [2.05, 4.69) is 10.8 Å². The van der Waals surface area contributed by atoms with Crippen LogP contribution in [0.25, 0.3) is 0 Å². The Morgan fingerprint density at radius 3 is 2.42 bits per heavy atom. The van der Waals surface area contributed by atoms with Crippen molar-refractivity contribution in [1.29, 1.82) is 0 Å². The number of hydrogen-bond acceptors (Lipinski definition) is 5. The van der Waals surface area contributed by atoms with Crippen LogP contribution in [0.1, 0.15) is 17.5 Å². The van der Waals surface area contributed by atoms with Crippen molar-refractivity contribution in [2.24, 2.45) is 0 Å². The van der Waals surface area contributed by atoms with Crippen molar-refractivity contribution >= 4 is 11.3 Å². The molecule has 0 aliphatic rings. The van der Waals surface area contributed by atoms with Crippen molar-refractivity contribution in [1.82, 2.24) is 4.72 Å². The number of aryl methyl sites for hydroxylation is 2. The SMILES string of the molecule is COc1ccc(CCCc2cccc(OCCNS(=O)[O-])c2)cc1OC. The predicted molar refractivity (Wildman–Crippen MR) is 100 cm³/mol. The molecule has 0 radical (unpaired) electrons. The third-order valence-corrected chi connectivity index (χ3v) is 4.31. The summed E-state index contributed by atoms with van der Waals surface area (Å²) in [6, 6.07) is 13.8. The van der Waals surface area contributed by atoms with Gasteiger partial charge in [-0.3, -0.25) is 4.21 Å². The van der Waals surface area contributed by atoms with Crippen molar-refractivity contribution in [2.45, 2.75) is 19.3 Å². The summed E-state index contributed by atoms with van der Waals surface area (Å²) >= 11 is -2.25. The van der Waals surface area contributed by atoms with Crippen LogP contribution in [-0.2, 0) is 24.1 Å². The molecular formula is C19H24NO5S-. The molecule has 1 N–H and O–H groups in total. The number of methoxy groups -OCH3 is 2. The van der Waals surface area contributed by atoms with Crippen LogP contribution in [0.4, 0.5) is 0 Å². The first-order chi connectivity index (χ1) is 12.6. The van der Waals surface area contributed by atoms with Gasteiger partial charge in [0, 0.05) is 17.8 Å². The summed E-state index contributed by atoms with van der Waals surface area (Å²) < 4.78 is 39.2. The fraction of sp³-hybridized carbons (Fsp3) is 0.368.